The molecule has 2 fully saturated rings. The number of ether oxygens (including phenoxy) is 1. The van der Waals surface area contributed by atoms with Gasteiger partial charge in [-0.3, -0.25) is 4.79 Å². The van der Waals surface area contributed by atoms with Gasteiger partial charge in [0.05, 0.1) is 5.92 Å². The molecule has 1 amide bonds. The number of nitrogens with one attached hydrogen (secondary N) is 2. The predicted molar refractivity (Wildman–Crippen MR) is 123 cm³/mol. The van der Waals surface area contributed by atoms with E-state index in [4.69, 9.17) is 4.74 Å². The van der Waals surface area contributed by atoms with Crippen LogP contribution in [0.25, 0.3) is 0 Å². The molecule has 8 heteroatoms. The van der Waals surface area contributed by atoms with Crippen LogP contribution in [0.4, 0.5) is 5.82 Å². The summed E-state index contributed by atoms with van der Waals surface area (Å²) in [6, 6.07) is 12.4. The molecule has 1 aromatic heterocycles. The van der Waals surface area contributed by atoms with E-state index >= 15 is 0 Å². The van der Waals surface area contributed by atoms with Gasteiger partial charge in [0.15, 0.2) is 11.4 Å². The maximum atomic E-state index is 13.4. The summed E-state index contributed by atoms with van der Waals surface area (Å²) in [7, 11) is 0. The van der Waals surface area contributed by atoms with Gasteiger partial charge in [0.25, 0.3) is 0 Å². The molecular weight excluding hydrogens is 420 g/mol. The van der Waals surface area contributed by atoms with Crippen molar-refractivity contribution < 1.29 is 19.4 Å². The number of anilines is 1. The minimum Gasteiger partial charge on any atom is -0.462 e. The molecule has 3 atom stereocenters. The minimum atomic E-state index is -1.71. The fourth-order valence-electron chi connectivity index (χ4n) is 5.07. The van der Waals surface area contributed by atoms with Gasteiger partial charge in [-0.1, -0.05) is 43.2 Å². The third-order valence-electron chi connectivity index (χ3n) is 6.93. The minimum absolute atomic E-state index is 0.0134. The fraction of sp³-hybridized carbons (Fsp3) is 0.520. The fourth-order valence-corrected chi connectivity index (χ4v) is 5.07. The summed E-state index contributed by atoms with van der Waals surface area (Å²) in [6.07, 6.45) is 6.83. The number of amides is 1. The highest BCUT2D eigenvalue weighted by Crippen LogP contribution is 2.41. The Morgan fingerprint density at radius 1 is 1.12 bits per heavy atom. The van der Waals surface area contributed by atoms with Gasteiger partial charge in [-0.2, -0.15) is 5.10 Å². The lowest BCUT2D eigenvalue weighted by molar-refractivity contribution is -0.176. The summed E-state index contributed by atoms with van der Waals surface area (Å²) in [4.78, 5) is 26.5. The second kappa shape index (κ2) is 10.9. The van der Waals surface area contributed by atoms with Crippen LogP contribution >= 0.6 is 0 Å². The van der Waals surface area contributed by atoms with Crippen LogP contribution in [-0.2, 0) is 19.9 Å². The summed E-state index contributed by atoms with van der Waals surface area (Å²) in [5.41, 5.74) is -1.17. The lowest BCUT2D eigenvalue weighted by atomic mass is 9.80. The number of hydrogen-bond acceptors (Lipinski definition) is 7. The van der Waals surface area contributed by atoms with E-state index in [2.05, 4.69) is 20.8 Å². The van der Waals surface area contributed by atoms with E-state index in [-0.39, 0.29) is 24.3 Å². The van der Waals surface area contributed by atoms with Crippen molar-refractivity contribution in [2.75, 3.05) is 25.0 Å². The van der Waals surface area contributed by atoms with Gasteiger partial charge in [0.2, 0.25) is 5.91 Å². The second-order valence-electron chi connectivity index (χ2n) is 9.02. The van der Waals surface area contributed by atoms with Gasteiger partial charge in [0, 0.05) is 12.1 Å². The zero-order chi connectivity index (χ0) is 23.1. The maximum Gasteiger partial charge on any atom is 0.343 e. The molecular formula is C25H32N4O4. The normalized spacial score (nSPS) is 21.7. The first-order valence-corrected chi connectivity index (χ1v) is 11.8. The molecule has 33 heavy (non-hydrogen) atoms. The number of hydrogen-bond donors (Lipinski definition) is 3. The molecule has 1 aliphatic heterocycles. The Balaban J connectivity index is 1.51. The molecule has 0 spiro atoms. The van der Waals surface area contributed by atoms with Crippen LogP contribution in [0.1, 0.15) is 44.1 Å². The summed E-state index contributed by atoms with van der Waals surface area (Å²) in [5, 5.41) is 25.5. The van der Waals surface area contributed by atoms with Crippen molar-refractivity contribution in [2.24, 2.45) is 17.8 Å². The molecule has 1 saturated carbocycles. The Kier molecular flexibility index (Phi) is 7.67. The Bertz CT molecular complexity index is 915. The quantitative estimate of drug-likeness (QED) is 0.528. The van der Waals surface area contributed by atoms with Crippen LogP contribution in [0.3, 0.4) is 0 Å². The van der Waals surface area contributed by atoms with Gasteiger partial charge in [-0.05, 0) is 62.4 Å². The average molecular weight is 453 g/mol. The van der Waals surface area contributed by atoms with Crippen LogP contribution in [0.15, 0.2) is 48.7 Å². The summed E-state index contributed by atoms with van der Waals surface area (Å²) in [5.74, 6) is -1.33. The second-order valence-corrected chi connectivity index (χ2v) is 9.02. The largest absolute Gasteiger partial charge is 0.462 e. The highest BCUT2D eigenvalue weighted by Gasteiger charge is 2.48. The number of rotatable bonds is 8. The highest BCUT2D eigenvalue weighted by atomic mass is 16.6. The Morgan fingerprint density at radius 3 is 2.58 bits per heavy atom. The third-order valence-corrected chi connectivity index (χ3v) is 6.93. The van der Waals surface area contributed by atoms with Crippen molar-refractivity contribution in [1.82, 2.24) is 15.5 Å². The molecule has 4 rings (SSSR count). The van der Waals surface area contributed by atoms with E-state index < -0.39 is 17.5 Å². The van der Waals surface area contributed by atoms with Crippen LogP contribution in [0.5, 0.6) is 0 Å². The molecule has 1 aliphatic carbocycles. The van der Waals surface area contributed by atoms with Gasteiger partial charge in [-0.15, -0.1) is 5.10 Å². The number of nitrogens with zero attached hydrogens (tertiary/aromatic N) is 2. The molecule has 2 aromatic rings. The molecule has 2 unspecified atom stereocenters. The van der Waals surface area contributed by atoms with Crippen molar-refractivity contribution in [3.8, 4) is 0 Å². The Hall–Kier alpha value is -2.84. The first kappa shape index (κ1) is 23.3. The molecule has 0 bridgehead atoms. The lowest BCUT2D eigenvalue weighted by Gasteiger charge is -2.34. The van der Waals surface area contributed by atoms with E-state index in [0.717, 1.165) is 45.1 Å². The molecule has 2 aliphatic rings. The molecule has 176 valence electrons. The summed E-state index contributed by atoms with van der Waals surface area (Å²) < 4.78 is 5.73. The van der Waals surface area contributed by atoms with E-state index in [1.54, 1.807) is 24.3 Å². The molecule has 3 N–H and O–H groups in total. The summed E-state index contributed by atoms with van der Waals surface area (Å²) in [6.45, 7) is 1.48. The predicted octanol–water partition coefficient (Wildman–Crippen LogP) is 2.65. The lowest BCUT2D eigenvalue weighted by Crippen LogP contribution is -2.46. The average Bonchev–Trinajstić information content (AvgIpc) is 3.41. The highest BCUT2D eigenvalue weighted by molar-refractivity contribution is 5.92. The maximum absolute atomic E-state index is 13.4. The number of aromatic nitrogens is 2. The van der Waals surface area contributed by atoms with E-state index in [1.807, 2.05) is 18.2 Å². The van der Waals surface area contributed by atoms with Gasteiger partial charge in [0.1, 0.15) is 6.61 Å². The first-order valence-electron chi connectivity index (χ1n) is 11.8. The number of carbonyl (C=O) groups excluding carboxylic acids is 2. The van der Waals surface area contributed by atoms with Gasteiger partial charge in [-0.25, -0.2) is 4.79 Å². The number of benzene rings is 1. The van der Waals surface area contributed by atoms with Crippen LogP contribution in [-0.4, -0.2) is 46.9 Å². The molecule has 0 radical (unpaired) electrons. The van der Waals surface area contributed by atoms with E-state index in [9.17, 15) is 14.7 Å². The van der Waals surface area contributed by atoms with E-state index in [1.165, 1.54) is 6.20 Å². The number of aliphatic hydroxyl groups is 1. The SMILES string of the molecule is O=C(Nc1cccnn1)C(COC(=O)C(O)(c1ccccc1)C1CCCC1)[C@H]1CCCNC1. The monoisotopic (exact) mass is 452 g/mol. The van der Waals surface area contributed by atoms with Crippen molar-refractivity contribution in [3.63, 3.8) is 0 Å². The van der Waals surface area contributed by atoms with Crippen molar-refractivity contribution in [3.05, 3.63) is 54.2 Å². The van der Waals surface area contributed by atoms with Crippen molar-refractivity contribution in [2.45, 2.75) is 44.1 Å². The topological polar surface area (TPSA) is 113 Å². The van der Waals surface area contributed by atoms with Gasteiger partial charge >= 0.3 is 5.97 Å². The van der Waals surface area contributed by atoms with Crippen molar-refractivity contribution in [1.29, 1.82) is 0 Å². The molecule has 2 heterocycles. The number of carbonyl (C=O) groups is 2. The van der Waals surface area contributed by atoms with Crippen LogP contribution < -0.4 is 10.6 Å². The Morgan fingerprint density at radius 2 is 1.91 bits per heavy atom. The Labute approximate surface area is 194 Å². The zero-order valence-corrected chi connectivity index (χ0v) is 18.8. The van der Waals surface area contributed by atoms with Crippen LogP contribution in [0, 0.1) is 17.8 Å². The standard InChI is InChI=1S/C25H32N4O4/c30-23(28-22-13-7-15-27-29-22)21(18-8-6-14-26-16-18)17-33-24(31)25(32,20-11-4-5-12-20)19-9-2-1-3-10-19/h1-3,7,9-10,13,15,18,20-21,26,32H,4-6,8,11-12,14,16-17H2,(H,28,29,30)/t18-,21?,25?/m0/s1. The van der Waals surface area contributed by atoms with Gasteiger partial charge < -0.3 is 20.5 Å². The summed E-state index contributed by atoms with van der Waals surface area (Å²) >= 11 is 0. The molecule has 1 aromatic carbocycles. The third kappa shape index (κ3) is 5.39. The first-order chi connectivity index (χ1) is 16.1. The van der Waals surface area contributed by atoms with E-state index in [0.29, 0.717) is 17.9 Å². The number of esters is 1. The zero-order valence-electron chi connectivity index (χ0n) is 18.8. The van der Waals surface area contributed by atoms with Crippen molar-refractivity contribution >= 4 is 17.7 Å². The molecule has 8 nitrogen and oxygen atoms in total. The number of piperidine rings is 1. The smallest absolute Gasteiger partial charge is 0.343 e. The van der Waals surface area contributed by atoms with Crippen LogP contribution in [0.2, 0.25) is 0 Å². The molecule has 1 saturated heterocycles.